The molecule has 0 radical (unpaired) electrons. The number of carbonyl (C=O) groups excluding carboxylic acids is 1. The maximum atomic E-state index is 12.5. The summed E-state index contributed by atoms with van der Waals surface area (Å²) in [5.41, 5.74) is 2.55. The Balaban J connectivity index is 1.58. The minimum atomic E-state index is -0.633. The van der Waals surface area contributed by atoms with Crippen molar-refractivity contribution >= 4 is 11.6 Å². The minimum absolute atomic E-state index is 0.0430. The monoisotopic (exact) mass is 346 g/mol. The standard InChI is InChI=1S/C18H26N4O3/c1-12-18(13(2)21(3)20-12)19-17(24)11-22-8-4-6-14(22)10-15(23)16-7-5-9-25-16/h5,7,9,14-15,23H,4,6,8,10-11H2,1-3H3,(H,19,24). The first-order valence-corrected chi connectivity index (χ1v) is 8.71. The van der Waals surface area contributed by atoms with E-state index in [0.29, 0.717) is 18.7 Å². The topological polar surface area (TPSA) is 83.5 Å². The zero-order valence-corrected chi connectivity index (χ0v) is 15.0. The van der Waals surface area contributed by atoms with Crippen LogP contribution in [0.2, 0.25) is 0 Å². The summed E-state index contributed by atoms with van der Waals surface area (Å²) in [6.07, 6.45) is 3.53. The molecule has 136 valence electrons. The summed E-state index contributed by atoms with van der Waals surface area (Å²) in [5, 5.41) is 17.6. The van der Waals surface area contributed by atoms with E-state index >= 15 is 0 Å². The molecule has 25 heavy (non-hydrogen) atoms. The van der Waals surface area contributed by atoms with Gasteiger partial charge in [0.1, 0.15) is 11.9 Å². The van der Waals surface area contributed by atoms with Crippen molar-refractivity contribution in [3.63, 3.8) is 0 Å². The lowest BCUT2D eigenvalue weighted by Crippen LogP contribution is -2.37. The molecule has 2 aromatic rings. The van der Waals surface area contributed by atoms with Gasteiger partial charge in [-0.25, -0.2) is 0 Å². The Morgan fingerprint density at radius 1 is 1.52 bits per heavy atom. The molecule has 0 bridgehead atoms. The molecule has 1 saturated heterocycles. The summed E-state index contributed by atoms with van der Waals surface area (Å²) in [6.45, 7) is 5.02. The van der Waals surface area contributed by atoms with E-state index in [1.807, 2.05) is 20.9 Å². The highest BCUT2D eigenvalue weighted by Crippen LogP contribution is 2.27. The number of aromatic nitrogens is 2. The molecule has 1 aliphatic rings. The molecule has 0 aromatic carbocycles. The van der Waals surface area contributed by atoms with Crippen LogP contribution in [0, 0.1) is 13.8 Å². The van der Waals surface area contributed by atoms with Crippen LogP contribution < -0.4 is 5.32 Å². The van der Waals surface area contributed by atoms with Gasteiger partial charge in [-0.1, -0.05) is 0 Å². The number of aliphatic hydroxyl groups excluding tert-OH is 1. The van der Waals surface area contributed by atoms with Gasteiger partial charge < -0.3 is 14.8 Å². The van der Waals surface area contributed by atoms with E-state index in [1.165, 1.54) is 0 Å². The molecule has 2 unspecified atom stereocenters. The first-order valence-electron chi connectivity index (χ1n) is 8.71. The lowest BCUT2D eigenvalue weighted by atomic mass is 10.1. The Kier molecular flexibility index (Phi) is 5.24. The van der Waals surface area contributed by atoms with Crippen LogP contribution in [0.25, 0.3) is 0 Å². The molecule has 7 heteroatoms. The van der Waals surface area contributed by atoms with Gasteiger partial charge in [0.25, 0.3) is 0 Å². The molecular formula is C18H26N4O3. The maximum Gasteiger partial charge on any atom is 0.238 e. The van der Waals surface area contributed by atoms with Crippen molar-refractivity contribution in [3.8, 4) is 0 Å². The van der Waals surface area contributed by atoms with Gasteiger partial charge in [-0.3, -0.25) is 14.4 Å². The van der Waals surface area contributed by atoms with Crippen LogP contribution >= 0.6 is 0 Å². The first-order chi connectivity index (χ1) is 12.0. The number of nitrogens with one attached hydrogen (secondary N) is 1. The number of furan rings is 1. The fraction of sp³-hybridized carbons (Fsp3) is 0.556. The summed E-state index contributed by atoms with van der Waals surface area (Å²) >= 11 is 0. The summed E-state index contributed by atoms with van der Waals surface area (Å²) in [7, 11) is 1.87. The van der Waals surface area contributed by atoms with E-state index in [9.17, 15) is 9.90 Å². The zero-order chi connectivity index (χ0) is 18.0. The Hall–Kier alpha value is -2.12. The molecule has 1 fully saturated rings. The summed E-state index contributed by atoms with van der Waals surface area (Å²) in [6, 6.07) is 3.74. The number of carbonyl (C=O) groups is 1. The van der Waals surface area contributed by atoms with E-state index in [1.54, 1.807) is 23.1 Å². The number of hydrogen-bond donors (Lipinski definition) is 2. The number of amides is 1. The number of nitrogens with zero attached hydrogens (tertiary/aromatic N) is 3. The van der Waals surface area contributed by atoms with Gasteiger partial charge in [-0.2, -0.15) is 5.10 Å². The van der Waals surface area contributed by atoms with Crippen LogP contribution in [0.4, 0.5) is 5.69 Å². The predicted molar refractivity (Wildman–Crippen MR) is 94.2 cm³/mol. The van der Waals surface area contributed by atoms with E-state index in [0.717, 1.165) is 36.5 Å². The normalized spacial score (nSPS) is 19.3. The highest BCUT2D eigenvalue weighted by molar-refractivity contribution is 5.93. The van der Waals surface area contributed by atoms with Crippen molar-refractivity contribution in [2.24, 2.45) is 7.05 Å². The van der Waals surface area contributed by atoms with Crippen molar-refractivity contribution in [1.29, 1.82) is 0 Å². The van der Waals surface area contributed by atoms with E-state index in [4.69, 9.17) is 4.42 Å². The number of rotatable bonds is 6. The first kappa shape index (κ1) is 17.7. The summed E-state index contributed by atoms with van der Waals surface area (Å²) in [4.78, 5) is 14.6. The number of anilines is 1. The maximum absolute atomic E-state index is 12.5. The summed E-state index contributed by atoms with van der Waals surface area (Å²) in [5.74, 6) is 0.538. The molecule has 7 nitrogen and oxygen atoms in total. The van der Waals surface area contributed by atoms with Gasteiger partial charge in [0, 0.05) is 13.1 Å². The Morgan fingerprint density at radius 3 is 2.96 bits per heavy atom. The third kappa shape index (κ3) is 3.93. The van der Waals surface area contributed by atoms with Gasteiger partial charge in [0.05, 0.1) is 29.9 Å². The van der Waals surface area contributed by atoms with Gasteiger partial charge in [0.2, 0.25) is 5.91 Å². The largest absolute Gasteiger partial charge is 0.467 e. The lowest BCUT2D eigenvalue weighted by molar-refractivity contribution is -0.117. The van der Waals surface area contributed by atoms with Crippen molar-refractivity contribution in [2.75, 3.05) is 18.4 Å². The van der Waals surface area contributed by atoms with Gasteiger partial charge >= 0.3 is 0 Å². The Morgan fingerprint density at radius 2 is 2.32 bits per heavy atom. The average Bonchev–Trinajstić information content (AvgIpc) is 3.28. The molecule has 0 spiro atoms. The third-order valence-corrected chi connectivity index (χ3v) is 4.99. The Labute approximate surface area is 147 Å². The van der Waals surface area contributed by atoms with Crippen LogP contribution in [-0.2, 0) is 11.8 Å². The average molecular weight is 346 g/mol. The van der Waals surface area contributed by atoms with Crippen molar-refractivity contribution in [1.82, 2.24) is 14.7 Å². The van der Waals surface area contributed by atoms with Crippen LogP contribution in [0.5, 0.6) is 0 Å². The fourth-order valence-corrected chi connectivity index (χ4v) is 3.54. The van der Waals surface area contributed by atoms with Gasteiger partial charge in [-0.05, 0) is 51.8 Å². The van der Waals surface area contributed by atoms with Gasteiger partial charge in [-0.15, -0.1) is 0 Å². The highest BCUT2D eigenvalue weighted by atomic mass is 16.4. The fourth-order valence-electron chi connectivity index (χ4n) is 3.54. The van der Waals surface area contributed by atoms with Crippen molar-refractivity contribution in [2.45, 2.75) is 45.3 Å². The molecule has 3 rings (SSSR count). The van der Waals surface area contributed by atoms with Gasteiger partial charge in [0.15, 0.2) is 0 Å². The molecule has 1 amide bonds. The molecule has 0 aliphatic carbocycles. The van der Waals surface area contributed by atoms with Crippen LogP contribution in [-0.4, -0.2) is 44.8 Å². The van der Waals surface area contributed by atoms with Crippen LogP contribution in [0.3, 0.4) is 0 Å². The van der Waals surface area contributed by atoms with E-state index in [-0.39, 0.29) is 11.9 Å². The number of aliphatic hydroxyl groups is 1. The lowest BCUT2D eigenvalue weighted by Gasteiger charge is -2.25. The molecule has 2 aromatic heterocycles. The Bertz CT molecular complexity index is 723. The third-order valence-electron chi connectivity index (χ3n) is 4.99. The van der Waals surface area contributed by atoms with Crippen LogP contribution in [0.15, 0.2) is 22.8 Å². The van der Waals surface area contributed by atoms with Crippen LogP contribution in [0.1, 0.15) is 42.5 Å². The molecule has 1 aliphatic heterocycles. The molecule has 3 heterocycles. The zero-order valence-electron chi connectivity index (χ0n) is 15.0. The minimum Gasteiger partial charge on any atom is -0.467 e. The highest BCUT2D eigenvalue weighted by Gasteiger charge is 2.29. The SMILES string of the molecule is Cc1nn(C)c(C)c1NC(=O)CN1CCCC1CC(O)c1ccco1. The molecular weight excluding hydrogens is 320 g/mol. The van der Waals surface area contributed by atoms with Crippen molar-refractivity contribution in [3.05, 3.63) is 35.5 Å². The number of likely N-dealkylation sites (tertiary alicyclic amines) is 1. The summed E-state index contributed by atoms with van der Waals surface area (Å²) < 4.78 is 7.04. The van der Waals surface area contributed by atoms with Crippen molar-refractivity contribution < 1.29 is 14.3 Å². The predicted octanol–water partition coefficient (Wildman–Crippen LogP) is 2.16. The molecule has 2 N–H and O–H groups in total. The molecule has 2 atom stereocenters. The second kappa shape index (κ2) is 7.41. The smallest absolute Gasteiger partial charge is 0.238 e. The number of hydrogen-bond acceptors (Lipinski definition) is 5. The van der Waals surface area contributed by atoms with E-state index in [2.05, 4.69) is 15.3 Å². The van der Waals surface area contributed by atoms with E-state index < -0.39 is 6.10 Å². The quantitative estimate of drug-likeness (QED) is 0.837. The second-order valence-electron chi connectivity index (χ2n) is 6.75. The number of aryl methyl sites for hydroxylation is 2. The second-order valence-corrected chi connectivity index (χ2v) is 6.75. The molecule has 0 saturated carbocycles.